The van der Waals surface area contributed by atoms with Gasteiger partial charge in [-0.05, 0) is 28.9 Å². The molecule has 0 aromatic heterocycles. The molecule has 32 heavy (non-hydrogen) atoms. The second-order valence-electron chi connectivity index (χ2n) is 9.74. The fourth-order valence-corrected chi connectivity index (χ4v) is 6.61. The van der Waals surface area contributed by atoms with Crippen LogP contribution in [-0.4, -0.2) is 34.2 Å². The van der Waals surface area contributed by atoms with Crippen LogP contribution in [0.15, 0.2) is 60.7 Å². The number of benzene rings is 2. The minimum atomic E-state index is 0.361. The van der Waals surface area contributed by atoms with E-state index in [0.29, 0.717) is 5.92 Å². The van der Waals surface area contributed by atoms with E-state index in [1.54, 1.807) is 0 Å². The van der Waals surface area contributed by atoms with E-state index in [-0.39, 0.29) is 0 Å². The van der Waals surface area contributed by atoms with E-state index in [1.165, 1.54) is 75.3 Å². The Balaban J connectivity index is 0.000000181. The van der Waals surface area contributed by atoms with Crippen LogP contribution in [0.3, 0.4) is 0 Å². The van der Waals surface area contributed by atoms with Gasteiger partial charge >= 0.3 is 0 Å². The van der Waals surface area contributed by atoms with E-state index >= 15 is 0 Å². The minimum Gasteiger partial charge on any atom is -0.428 e. The van der Waals surface area contributed by atoms with Crippen LogP contribution < -0.4 is 0 Å². The van der Waals surface area contributed by atoms with Crippen molar-refractivity contribution in [2.45, 2.75) is 70.1 Å². The van der Waals surface area contributed by atoms with Gasteiger partial charge in [0.15, 0.2) is 0 Å². The van der Waals surface area contributed by atoms with Gasteiger partial charge in [-0.15, -0.1) is 0 Å². The summed E-state index contributed by atoms with van der Waals surface area (Å²) in [6, 6.07) is 21.1. The van der Waals surface area contributed by atoms with Crippen molar-refractivity contribution in [1.82, 2.24) is 0 Å². The molecule has 176 valence electrons. The molecule has 0 heterocycles. The first-order valence-corrected chi connectivity index (χ1v) is 14.5. The van der Waals surface area contributed by atoms with Crippen LogP contribution in [0.4, 0.5) is 0 Å². The van der Waals surface area contributed by atoms with E-state index in [4.69, 9.17) is 8.85 Å². The minimum absolute atomic E-state index is 0.361. The third-order valence-corrected chi connectivity index (χ3v) is 8.27. The first kappa shape index (κ1) is 25.4. The lowest BCUT2D eigenvalue weighted by atomic mass is 9.70. The fourth-order valence-electron chi connectivity index (χ4n) is 5.90. The average molecular weight is 469 g/mol. The molecular formula is C28H44O2Si2. The second-order valence-corrected chi connectivity index (χ2v) is 10.9. The molecule has 0 spiro atoms. The Hall–Kier alpha value is -1.21. The summed E-state index contributed by atoms with van der Waals surface area (Å²) in [5.41, 5.74) is 2.65. The van der Waals surface area contributed by atoms with Crippen molar-refractivity contribution in [2.75, 3.05) is 13.2 Å². The summed E-state index contributed by atoms with van der Waals surface area (Å²) in [5.74, 6) is 3.29. The SMILES string of the molecule is [SiH3]OCC(C1CCCCC1)C1CCCCC1.[SiH3]OCC(c1ccccc1)c1ccccc1. The average Bonchev–Trinajstić information content (AvgIpc) is 2.88. The van der Waals surface area contributed by atoms with Crippen molar-refractivity contribution in [2.24, 2.45) is 17.8 Å². The summed E-state index contributed by atoms with van der Waals surface area (Å²) in [6.45, 7) is 1.86. The lowest BCUT2D eigenvalue weighted by Gasteiger charge is -2.37. The van der Waals surface area contributed by atoms with E-state index in [1.807, 2.05) is 12.1 Å². The van der Waals surface area contributed by atoms with Crippen LogP contribution in [0.25, 0.3) is 0 Å². The Kier molecular flexibility index (Phi) is 11.8. The number of hydrogen-bond donors (Lipinski definition) is 0. The monoisotopic (exact) mass is 468 g/mol. The normalized spacial score (nSPS) is 18.1. The molecule has 4 heteroatoms. The van der Waals surface area contributed by atoms with E-state index < -0.39 is 0 Å². The van der Waals surface area contributed by atoms with Crippen molar-refractivity contribution in [3.8, 4) is 0 Å². The van der Waals surface area contributed by atoms with Crippen LogP contribution in [0.5, 0.6) is 0 Å². The zero-order chi connectivity index (χ0) is 22.4. The lowest BCUT2D eigenvalue weighted by molar-refractivity contribution is 0.0934. The smallest absolute Gasteiger partial charge is 0.146 e. The molecule has 2 saturated carbocycles. The van der Waals surface area contributed by atoms with Gasteiger partial charge in [0.1, 0.15) is 21.0 Å². The predicted octanol–water partition coefficient (Wildman–Crippen LogP) is 5.18. The quantitative estimate of drug-likeness (QED) is 0.497. The first-order chi connectivity index (χ1) is 15.8. The lowest BCUT2D eigenvalue weighted by Crippen LogP contribution is -2.30. The van der Waals surface area contributed by atoms with Crippen molar-refractivity contribution in [1.29, 1.82) is 0 Å². The van der Waals surface area contributed by atoms with Crippen LogP contribution in [0.2, 0.25) is 0 Å². The molecule has 0 saturated heterocycles. The van der Waals surface area contributed by atoms with Crippen LogP contribution in [0.1, 0.15) is 81.3 Å². The molecule has 0 amide bonds. The zero-order valence-corrected chi connectivity index (χ0v) is 24.4. The molecule has 0 radical (unpaired) electrons. The van der Waals surface area contributed by atoms with Gasteiger partial charge in [-0.2, -0.15) is 0 Å². The number of hydrogen-bond acceptors (Lipinski definition) is 2. The topological polar surface area (TPSA) is 18.5 Å². The van der Waals surface area contributed by atoms with Crippen molar-refractivity contribution in [3.05, 3.63) is 71.8 Å². The third-order valence-electron chi connectivity index (χ3n) is 7.61. The summed E-state index contributed by atoms with van der Waals surface area (Å²) in [6.07, 6.45) is 14.9. The Bertz CT molecular complexity index is 655. The molecule has 2 aromatic carbocycles. The first-order valence-electron chi connectivity index (χ1n) is 12.9. The molecule has 0 unspecified atom stereocenters. The highest BCUT2D eigenvalue weighted by molar-refractivity contribution is 5.98. The molecule has 2 nitrogen and oxygen atoms in total. The Morgan fingerprint density at radius 1 is 0.594 bits per heavy atom. The van der Waals surface area contributed by atoms with Gasteiger partial charge in [0.2, 0.25) is 0 Å². The Labute approximate surface area is 202 Å². The summed E-state index contributed by atoms with van der Waals surface area (Å²) < 4.78 is 11.1. The van der Waals surface area contributed by atoms with Crippen molar-refractivity contribution in [3.63, 3.8) is 0 Å². The molecule has 4 rings (SSSR count). The molecular weight excluding hydrogens is 424 g/mol. The molecule has 0 bridgehead atoms. The van der Waals surface area contributed by atoms with Gasteiger partial charge in [-0.25, -0.2) is 0 Å². The molecule has 2 fully saturated rings. The van der Waals surface area contributed by atoms with E-state index in [2.05, 4.69) is 48.5 Å². The molecule has 2 aliphatic carbocycles. The number of rotatable bonds is 8. The van der Waals surface area contributed by atoms with E-state index in [0.717, 1.165) is 51.9 Å². The van der Waals surface area contributed by atoms with Gasteiger partial charge in [0, 0.05) is 19.1 Å². The third kappa shape index (κ3) is 7.98. The van der Waals surface area contributed by atoms with Crippen LogP contribution in [0, 0.1) is 17.8 Å². The maximum atomic E-state index is 5.65. The van der Waals surface area contributed by atoms with Gasteiger partial charge in [-0.1, -0.05) is 125 Å². The highest BCUT2D eigenvalue weighted by atomic mass is 28.2. The summed E-state index contributed by atoms with van der Waals surface area (Å²) in [7, 11) is 1.72. The zero-order valence-electron chi connectivity index (χ0n) is 20.4. The van der Waals surface area contributed by atoms with Crippen LogP contribution >= 0.6 is 0 Å². The summed E-state index contributed by atoms with van der Waals surface area (Å²) in [4.78, 5) is 0. The second kappa shape index (κ2) is 14.8. The summed E-state index contributed by atoms with van der Waals surface area (Å²) >= 11 is 0. The maximum Gasteiger partial charge on any atom is 0.146 e. The van der Waals surface area contributed by atoms with Gasteiger partial charge < -0.3 is 8.85 Å². The molecule has 0 aliphatic heterocycles. The molecule has 2 aromatic rings. The highest BCUT2D eigenvalue weighted by Gasteiger charge is 2.31. The molecule has 2 aliphatic rings. The standard InChI is InChI=1S/C14H28OSi.C14H16OSi/c2*16-15-11-14(12-7-3-1-4-8-12)13-9-5-2-6-10-13/h12-14H,1-11H2,16H3;1-10,14H,11H2,16H3. The van der Waals surface area contributed by atoms with E-state index in [9.17, 15) is 0 Å². The Morgan fingerprint density at radius 2 is 1.00 bits per heavy atom. The van der Waals surface area contributed by atoms with Gasteiger partial charge in [0.05, 0.1) is 0 Å². The van der Waals surface area contributed by atoms with Crippen molar-refractivity contribution < 1.29 is 8.85 Å². The fraction of sp³-hybridized carbons (Fsp3) is 0.571. The maximum absolute atomic E-state index is 5.65. The molecule has 0 N–H and O–H groups in total. The highest BCUT2D eigenvalue weighted by Crippen LogP contribution is 2.39. The largest absolute Gasteiger partial charge is 0.428 e. The molecule has 0 atom stereocenters. The van der Waals surface area contributed by atoms with Gasteiger partial charge in [0.25, 0.3) is 0 Å². The Morgan fingerprint density at radius 3 is 1.38 bits per heavy atom. The van der Waals surface area contributed by atoms with Crippen LogP contribution in [-0.2, 0) is 8.85 Å². The summed E-state index contributed by atoms with van der Waals surface area (Å²) in [5, 5.41) is 0. The van der Waals surface area contributed by atoms with Gasteiger partial charge in [-0.3, -0.25) is 0 Å². The predicted molar refractivity (Wildman–Crippen MR) is 143 cm³/mol. The van der Waals surface area contributed by atoms with Crippen molar-refractivity contribution >= 4 is 21.0 Å².